The predicted molar refractivity (Wildman–Crippen MR) is 106 cm³/mol. The molecule has 1 fully saturated rings. The summed E-state index contributed by atoms with van der Waals surface area (Å²) in [4.78, 5) is 30.0. The molecule has 1 atom stereocenters. The highest BCUT2D eigenvalue weighted by atomic mass is 35.5. The van der Waals surface area contributed by atoms with Crippen molar-refractivity contribution in [1.29, 1.82) is 0 Å². The van der Waals surface area contributed by atoms with Gasteiger partial charge in [-0.3, -0.25) is 14.7 Å². The number of carbonyl (C=O) groups is 1. The van der Waals surface area contributed by atoms with E-state index >= 15 is 0 Å². The van der Waals surface area contributed by atoms with E-state index in [0.29, 0.717) is 40.5 Å². The molecule has 4 rings (SSSR count). The van der Waals surface area contributed by atoms with Crippen LogP contribution < -0.4 is 10.9 Å². The number of nitrogens with one attached hydrogen (secondary N) is 2. The van der Waals surface area contributed by atoms with Crippen LogP contribution in [-0.4, -0.2) is 39.8 Å². The van der Waals surface area contributed by atoms with Crippen LogP contribution in [0.15, 0.2) is 35.3 Å². The van der Waals surface area contributed by atoms with Crippen molar-refractivity contribution in [1.82, 2.24) is 19.9 Å². The summed E-state index contributed by atoms with van der Waals surface area (Å²) in [5.41, 5.74) is 2.60. The number of halogens is 1. The summed E-state index contributed by atoms with van der Waals surface area (Å²) in [6, 6.07) is 7.35. The number of carbonyl (C=O) groups excluding carboxylic acids is 1. The van der Waals surface area contributed by atoms with Gasteiger partial charge in [0.1, 0.15) is 5.56 Å². The summed E-state index contributed by atoms with van der Waals surface area (Å²) in [5, 5.41) is 6.37. The van der Waals surface area contributed by atoms with Gasteiger partial charge < -0.3 is 10.1 Å². The van der Waals surface area contributed by atoms with Gasteiger partial charge in [-0.05, 0) is 37.5 Å². The topological polar surface area (TPSA) is 88.5 Å². The summed E-state index contributed by atoms with van der Waals surface area (Å²) in [7, 11) is 0. The minimum Gasteiger partial charge on any atom is -0.376 e. The van der Waals surface area contributed by atoms with Gasteiger partial charge in [-0.1, -0.05) is 23.7 Å². The molecular weight excluding hydrogens is 380 g/mol. The Hall–Kier alpha value is -2.64. The van der Waals surface area contributed by atoms with E-state index in [2.05, 4.69) is 15.4 Å². The number of aromatic amines is 1. The van der Waals surface area contributed by atoms with Crippen molar-refractivity contribution in [2.24, 2.45) is 0 Å². The maximum Gasteiger partial charge on any atom is 0.276 e. The fraction of sp³-hybridized carbons (Fsp3) is 0.350. The van der Waals surface area contributed by atoms with Crippen LogP contribution in [0.4, 0.5) is 0 Å². The summed E-state index contributed by atoms with van der Waals surface area (Å²) < 4.78 is 6.84. The van der Waals surface area contributed by atoms with E-state index in [1.807, 2.05) is 12.1 Å². The fourth-order valence-electron chi connectivity index (χ4n) is 3.44. The third-order valence-corrected chi connectivity index (χ3v) is 5.27. The molecule has 0 unspecified atom stereocenters. The zero-order valence-electron chi connectivity index (χ0n) is 15.5. The maximum atomic E-state index is 12.9. The lowest BCUT2D eigenvalue weighted by Crippen LogP contribution is -2.32. The highest BCUT2D eigenvalue weighted by Crippen LogP contribution is 2.16. The van der Waals surface area contributed by atoms with Crippen molar-refractivity contribution in [3.8, 4) is 0 Å². The maximum absolute atomic E-state index is 12.9. The zero-order chi connectivity index (χ0) is 19.7. The number of amides is 1. The van der Waals surface area contributed by atoms with E-state index in [4.69, 9.17) is 16.3 Å². The quantitative estimate of drug-likeness (QED) is 0.688. The molecule has 3 heterocycles. The number of hydrogen-bond acceptors (Lipinski definition) is 4. The Kier molecular flexibility index (Phi) is 5.19. The minimum absolute atomic E-state index is 0.0533. The standard InChI is InChI=1S/C20H21ClN4O3/c1-12-16(9-13-4-6-14(21)7-5-13)20(27)25-18(24-12)17(11-23-25)19(26)22-10-15-3-2-8-28-15/h4-7,11,15,23H,2-3,8-10H2,1H3,(H,22,26)/t15-/m0/s1. The van der Waals surface area contributed by atoms with Gasteiger partial charge in [-0.25, -0.2) is 9.50 Å². The lowest BCUT2D eigenvalue weighted by atomic mass is 10.1. The molecule has 1 aliphatic heterocycles. The van der Waals surface area contributed by atoms with Crippen LogP contribution in [-0.2, 0) is 11.2 Å². The van der Waals surface area contributed by atoms with Crippen molar-refractivity contribution in [2.45, 2.75) is 32.3 Å². The van der Waals surface area contributed by atoms with Crippen LogP contribution in [0.25, 0.3) is 5.65 Å². The fourth-order valence-corrected chi connectivity index (χ4v) is 3.57. The van der Waals surface area contributed by atoms with E-state index in [1.54, 1.807) is 19.1 Å². The molecule has 1 aliphatic rings. The van der Waals surface area contributed by atoms with Gasteiger partial charge in [0.2, 0.25) is 0 Å². The molecule has 0 bridgehead atoms. The van der Waals surface area contributed by atoms with Gasteiger partial charge in [-0.15, -0.1) is 0 Å². The van der Waals surface area contributed by atoms with Crippen LogP contribution in [0, 0.1) is 6.92 Å². The first-order valence-corrected chi connectivity index (χ1v) is 9.64. The molecule has 0 spiro atoms. The molecule has 0 saturated carbocycles. The molecule has 1 amide bonds. The lowest BCUT2D eigenvalue weighted by Gasteiger charge is -2.10. The van der Waals surface area contributed by atoms with Gasteiger partial charge in [0.25, 0.3) is 11.5 Å². The Bertz CT molecular complexity index is 1070. The number of hydrogen-bond donors (Lipinski definition) is 2. The third kappa shape index (κ3) is 3.68. The second-order valence-electron chi connectivity index (χ2n) is 6.98. The molecular formula is C20H21ClN4O3. The number of nitrogens with zero attached hydrogens (tertiary/aromatic N) is 2. The zero-order valence-corrected chi connectivity index (χ0v) is 16.3. The van der Waals surface area contributed by atoms with Crippen LogP contribution in [0.1, 0.15) is 40.0 Å². The molecule has 8 heteroatoms. The second kappa shape index (κ2) is 7.77. The summed E-state index contributed by atoms with van der Waals surface area (Å²) >= 11 is 5.93. The number of benzene rings is 1. The lowest BCUT2D eigenvalue weighted by molar-refractivity contribution is 0.0859. The monoisotopic (exact) mass is 400 g/mol. The van der Waals surface area contributed by atoms with Gasteiger partial charge >= 0.3 is 0 Å². The molecule has 2 aromatic heterocycles. The van der Waals surface area contributed by atoms with Crippen molar-refractivity contribution < 1.29 is 9.53 Å². The molecule has 1 saturated heterocycles. The number of fused-ring (bicyclic) bond motifs is 1. The highest BCUT2D eigenvalue weighted by Gasteiger charge is 2.20. The first-order valence-electron chi connectivity index (χ1n) is 9.27. The molecule has 7 nitrogen and oxygen atoms in total. The van der Waals surface area contributed by atoms with E-state index in [-0.39, 0.29) is 17.6 Å². The Morgan fingerprint density at radius 1 is 1.39 bits per heavy atom. The average molecular weight is 401 g/mol. The number of H-pyrrole nitrogens is 1. The van der Waals surface area contributed by atoms with E-state index in [1.165, 1.54) is 10.7 Å². The normalized spacial score (nSPS) is 16.6. The molecule has 0 aliphatic carbocycles. The largest absolute Gasteiger partial charge is 0.376 e. The van der Waals surface area contributed by atoms with E-state index < -0.39 is 0 Å². The van der Waals surface area contributed by atoms with Crippen molar-refractivity contribution in [2.75, 3.05) is 13.2 Å². The Balaban J connectivity index is 1.60. The van der Waals surface area contributed by atoms with Crippen LogP contribution >= 0.6 is 11.6 Å². The van der Waals surface area contributed by atoms with Gasteiger partial charge in [0, 0.05) is 42.0 Å². The summed E-state index contributed by atoms with van der Waals surface area (Å²) in [6.07, 6.45) is 3.97. The summed E-state index contributed by atoms with van der Waals surface area (Å²) in [6.45, 7) is 2.97. The average Bonchev–Trinajstić information content (AvgIpc) is 3.34. The van der Waals surface area contributed by atoms with Gasteiger partial charge in [0.05, 0.1) is 6.10 Å². The predicted octanol–water partition coefficient (Wildman–Crippen LogP) is 2.48. The molecule has 0 radical (unpaired) electrons. The van der Waals surface area contributed by atoms with Crippen molar-refractivity contribution in [3.05, 3.63) is 68.2 Å². The van der Waals surface area contributed by atoms with Crippen LogP contribution in [0.3, 0.4) is 0 Å². The van der Waals surface area contributed by atoms with Crippen LogP contribution in [0.2, 0.25) is 5.02 Å². The Labute approximate surface area is 166 Å². The Morgan fingerprint density at radius 3 is 2.89 bits per heavy atom. The SMILES string of the molecule is Cc1nc2c(C(=O)NC[C@@H]3CCCO3)c[nH]n2c(=O)c1Cc1ccc(Cl)cc1. The van der Waals surface area contributed by atoms with Crippen LogP contribution in [0.5, 0.6) is 0 Å². The van der Waals surface area contributed by atoms with E-state index in [0.717, 1.165) is 25.0 Å². The van der Waals surface area contributed by atoms with Gasteiger partial charge in [0.15, 0.2) is 5.65 Å². The molecule has 28 heavy (non-hydrogen) atoms. The smallest absolute Gasteiger partial charge is 0.276 e. The second-order valence-corrected chi connectivity index (χ2v) is 7.41. The molecule has 1 aromatic carbocycles. The Morgan fingerprint density at radius 2 is 2.18 bits per heavy atom. The minimum atomic E-state index is -0.272. The number of aryl methyl sites for hydroxylation is 1. The third-order valence-electron chi connectivity index (χ3n) is 5.02. The van der Waals surface area contributed by atoms with Gasteiger partial charge in [-0.2, -0.15) is 0 Å². The van der Waals surface area contributed by atoms with Crippen molar-refractivity contribution >= 4 is 23.2 Å². The van der Waals surface area contributed by atoms with E-state index in [9.17, 15) is 9.59 Å². The number of ether oxygens (including phenoxy) is 1. The molecule has 2 N–H and O–H groups in total. The number of aromatic nitrogens is 3. The number of rotatable bonds is 5. The summed E-state index contributed by atoms with van der Waals surface area (Å²) in [5.74, 6) is -0.272. The first-order chi connectivity index (χ1) is 13.5. The van der Waals surface area contributed by atoms with Crippen molar-refractivity contribution in [3.63, 3.8) is 0 Å². The molecule has 146 valence electrons. The highest BCUT2D eigenvalue weighted by molar-refractivity contribution is 6.30. The molecule has 3 aromatic rings. The first kappa shape index (κ1) is 18.7.